The van der Waals surface area contributed by atoms with Crippen LogP contribution in [0.1, 0.15) is 16.1 Å². The molecule has 2 rings (SSSR count). The van der Waals surface area contributed by atoms with Crippen molar-refractivity contribution in [3.8, 4) is 0 Å². The average Bonchev–Trinajstić information content (AvgIpc) is 2.38. The molecule has 1 aromatic carbocycles. The van der Waals surface area contributed by atoms with Crippen molar-refractivity contribution in [3.05, 3.63) is 54.0 Å². The predicted octanol–water partition coefficient (Wildman–Crippen LogP) is 1.79. The molecule has 5 heteroatoms. The van der Waals surface area contributed by atoms with Gasteiger partial charge in [-0.25, -0.2) is 9.78 Å². The van der Waals surface area contributed by atoms with E-state index >= 15 is 0 Å². The lowest BCUT2D eigenvalue weighted by atomic mass is 10.2. The Kier molecular flexibility index (Phi) is 3.30. The summed E-state index contributed by atoms with van der Waals surface area (Å²) in [4.78, 5) is 18.4. The van der Waals surface area contributed by atoms with Crippen molar-refractivity contribution in [2.24, 2.45) is 0 Å². The lowest BCUT2D eigenvalue weighted by Gasteiger charge is -2.05. The zero-order chi connectivity index (χ0) is 12.1. The number of benzene rings is 1. The number of aromatic nitrogens is 2. The van der Waals surface area contributed by atoms with Crippen molar-refractivity contribution in [1.82, 2.24) is 9.97 Å². The molecule has 0 saturated heterocycles. The molecule has 0 atom stereocenters. The number of aromatic carboxylic acids is 1. The topological polar surface area (TPSA) is 75.1 Å². The third-order valence-corrected chi connectivity index (χ3v) is 2.17. The highest BCUT2D eigenvalue weighted by Crippen LogP contribution is 2.05. The average molecular weight is 229 g/mol. The number of hydrogen-bond acceptors (Lipinski definition) is 4. The lowest BCUT2D eigenvalue weighted by molar-refractivity contribution is 0.0690. The number of carboxylic acids is 1. The molecular weight excluding hydrogens is 218 g/mol. The van der Waals surface area contributed by atoms with Gasteiger partial charge in [0.1, 0.15) is 5.82 Å². The lowest BCUT2D eigenvalue weighted by Crippen LogP contribution is -2.06. The van der Waals surface area contributed by atoms with Crippen LogP contribution in [0.3, 0.4) is 0 Å². The summed E-state index contributed by atoms with van der Waals surface area (Å²) >= 11 is 0. The van der Waals surface area contributed by atoms with E-state index in [4.69, 9.17) is 5.11 Å². The van der Waals surface area contributed by atoms with E-state index in [2.05, 4.69) is 15.3 Å². The normalized spacial score (nSPS) is 9.88. The van der Waals surface area contributed by atoms with Gasteiger partial charge in [0, 0.05) is 6.54 Å². The van der Waals surface area contributed by atoms with E-state index in [9.17, 15) is 4.79 Å². The first-order chi connectivity index (χ1) is 8.25. The Morgan fingerprint density at radius 3 is 2.71 bits per heavy atom. The van der Waals surface area contributed by atoms with Gasteiger partial charge in [0.05, 0.1) is 12.4 Å². The molecule has 17 heavy (non-hydrogen) atoms. The molecule has 1 heterocycles. The SMILES string of the molecule is O=C(O)c1cncc(NCc2ccccc2)n1. The van der Waals surface area contributed by atoms with E-state index in [-0.39, 0.29) is 5.69 Å². The van der Waals surface area contributed by atoms with Crippen molar-refractivity contribution >= 4 is 11.8 Å². The first kappa shape index (κ1) is 11.1. The molecular formula is C12H11N3O2. The minimum Gasteiger partial charge on any atom is -0.476 e. The second-order valence-electron chi connectivity index (χ2n) is 3.43. The van der Waals surface area contributed by atoms with E-state index in [0.29, 0.717) is 12.4 Å². The van der Waals surface area contributed by atoms with Crippen LogP contribution in [0.4, 0.5) is 5.82 Å². The Morgan fingerprint density at radius 2 is 2.00 bits per heavy atom. The Balaban J connectivity index is 2.04. The summed E-state index contributed by atoms with van der Waals surface area (Å²) in [5, 5.41) is 11.8. The van der Waals surface area contributed by atoms with Gasteiger partial charge >= 0.3 is 5.97 Å². The molecule has 0 spiro atoms. The number of anilines is 1. The second kappa shape index (κ2) is 5.07. The van der Waals surface area contributed by atoms with E-state index in [1.165, 1.54) is 12.4 Å². The van der Waals surface area contributed by atoms with Crippen LogP contribution in [-0.2, 0) is 6.54 Å². The molecule has 1 aromatic heterocycles. The second-order valence-corrected chi connectivity index (χ2v) is 3.43. The van der Waals surface area contributed by atoms with E-state index < -0.39 is 5.97 Å². The summed E-state index contributed by atoms with van der Waals surface area (Å²) in [5.74, 6) is -0.630. The standard InChI is InChI=1S/C12H11N3O2/c16-12(17)10-7-13-8-11(15-10)14-6-9-4-2-1-3-5-9/h1-5,7-8H,6H2,(H,14,15)(H,16,17). The van der Waals surface area contributed by atoms with Gasteiger partial charge in [-0.3, -0.25) is 4.98 Å². The van der Waals surface area contributed by atoms with Crippen LogP contribution in [0.2, 0.25) is 0 Å². The zero-order valence-corrected chi connectivity index (χ0v) is 9.00. The molecule has 0 saturated carbocycles. The summed E-state index contributed by atoms with van der Waals surface area (Å²) in [5.41, 5.74) is 1.03. The summed E-state index contributed by atoms with van der Waals surface area (Å²) in [6.07, 6.45) is 2.71. The highest BCUT2D eigenvalue weighted by atomic mass is 16.4. The van der Waals surface area contributed by atoms with Crippen LogP contribution in [0.5, 0.6) is 0 Å². The fraction of sp³-hybridized carbons (Fsp3) is 0.0833. The van der Waals surface area contributed by atoms with Crippen molar-refractivity contribution in [3.63, 3.8) is 0 Å². The minimum absolute atomic E-state index is 0.0666. The van der Waals surface area contributed by atoms with Crippen molar-refractivity contribution in [2.75, 3.05) is 5.32 Å². The first-order valence-corrected chi connectivity index (χ1v) is 5.09. The molecule has 0 bridgehead atoms. The van der Waals surface area contributed by atoms with Crippen LogP contribution >= 0.6 is 0 Å². The Bertz CT molecular complexity index is 514. The van der Waals surface area contributed by atoms with Crippen LogP contribution in [-0.4, -0.2) is 21.0 Å². The smallest absolute Gasteiger partial charge is 0.356 e. The maximum atomic E-state index is 10.7. The van der Waals surface area contributed by atoms with Crippen molar-refractivity contribution < 1.29 is 9.90 Å². The van der Waals surface area contributed by atoms with E-state index in [1.54, 1.807) is 0 Å². The van der Waals surface area contributed by atoms with Crippen LogP contribution in [0.15, 0.2) is 42.7 Å². The van der Waals surface area contributed by atoms with Crippen LogP contribution in [0.25, 0.3) is 0 Å². The fourth-order valence-corrected chi connectivity index (χ4v) is 1.34. The summed E-state index contributed by atoms with van der Waals surface area (Å²) in [7, 11) is 0. The summed E-state index contributed by atoms with van der Waals surface area (Å²) in [6, 6.07) is 9.77. The molecule has 0 aliphatic rings. The van der Waals surface area contributed by atoms with Gasteiger partial charge < -0.3 is 10.4 Å². The number of carbonyl (C=O) groups is 1. The molecule has 2 aromatic rings. The first-order valence-electron chi connectivity index (χ1n) is 5.09. The predicted molar refractivity (Wildman–Crippen MR) is 62.8 cm³/mol. The maximum Gasteiger partial charge on any atom is 0.356 e. The molecule has 0 aliphatic carbocycles. The molecule has 86 valence electrons. The number of nitrogens with one attached hydrogen (secondary N) is 1. The van der Waals surface area contributed by atoms with Crippen molar-refractivity contribution in [2.45, 2.75) is 6.54 Å². The van der Waals surface area contributed by atoms with E-state index in [1.807, 2.05) is 30.3 Å². The number of hydrogen-bond donors (Lipinski definition) is 2. The fourth-order valence-electron chi connectivity index (χ4n) is 1.34. The van der Waals surface area contributed by atoms with Gasteiger partial charge in [-0.05, 0) is 5.56 Å². The number of rotatable bonds is 4. The Hall–Kier alpha value is -2.43. The summed E-state index contributed by atoms with van der Waals surface area (Å²) < 4.78 is 0. The van der Waals surface area contributed by atoms with Crippen LogP contribution < -0.4 is 5.32 Å². The molecule has 2 N–H and O–H groups in total. The van der Waals surface area contributed by atoms with Crippen LogP contribution in [0, 0.1) is 0 Å². The van der Waals surface area contributed by atoms with Gasteiger partial charge in [-0.2, -0.15) is 0 Å². The largest absolute Gasteiger partial charge is 0.476 e. The van der Waals surface area contributed by atoms with Crippen molar-refractivity contribution in [1.29, 1.82) is 0 Å². The quantitative estimate of drug-likeness (QED) is 0.835. The minimum atomic E-state index is -1.08. The third-order valence-electron chi connectivity index (χ3n) is 2.17. The van der Waals surface area contributed by atoms with Gasteiger partial charge in [0.2, 0.25) is 0 Å². The zero-order valence-electron chi connectivity index (χ0n) is 9.00. The molecule has 0 aliphatic heterocycles. The molecule has 0 radical (unpaired) electrons. The molecule has 0 amide bonds. The van der Waals surface area contributed by atoms with Gasteiger partial charge in [-0.1, -0.05) is 30.3 Å². The highest BCUT2D eigenvalue weighted by molar-refractivity contribution is 5.85. The van der Waals surface area contributed by atoms with E-state index in [0.717, 1.165) is 5.56 Å². The van der Waals surface area contributed by atoms with Gasteiger partial charge in [0.15, 0.2) is 5.69 Å². The Morgan fingerprint density at radius 1 is 1.24 bits per heavy atom. The van der Waals surface area contributed by atoms with Gasteiger partial charge in [-0.15, -0.1) is 0 Å². The number of nitrogens with zero attached hydrogens (tertiary/aromatic N) is 2. The molecule has 0 unspecified atom stereocenters. The highest BCUT2D eigenvalue weighted by Gasteiger charge is 2.05. The monoisotopic (exact) mass is 229 g/mol. The Labute approximate surface area is 98.2 Å². The molecule has 5 nitrogen and oxygen atoms in total. The third kappa shape index (κ3) is 3.01. The number of carboxylic acid groups (broad SMARTS) is 1. The maximum absolute atomic E-state index is 10.7. The summed E-state index contributed by atoms with van der Waals surface area (Å²) in [6.45, 7) is 0.582. The molecule has 0 fully saturated rings. The van der Waals surface area contributed by atoms with Gasteiger partial charge in [0.25, 0.3) is 0 Å².